The minimum atomic E-state index is 0.605. The fraction of sp³-hybridized carbons (Fsp3) is 0. The maximum atomic E-state index is 6.30. The Balaban J connectivity index is 1.13. The van der Waals surface area contributed by atoms with Crippen LogP contribution >= 0.6 is 0 Å². The van der Waals surface area contributed by atoms with Gasteiger partial charge >= 0.3 is 0 Å². The number of furan rings is 2. The largest absolute Gasteiger partial charge is 0.456 e. The Morgan fingerprint density at radius 3 is 1.79 bits per heavy atom. The first kappa shape index (κ1) is 28.7. The van der Waals surface area contributed by atoms with Gasteiger partial charge in [0.2, 0.25) is 0 Å². The van der Waals surface area contributed by atoms with E-state index in [4.69, 9.17) is 23.8 Å². The van der Waals surface area contributed by atoms with Crippen LogP contribution in [0.3, 0.4) is 0 Å². The molecular formula is C47H27N3O2. The molecule has 0 aliphatic rings. The van der Waals surface area contributed by atoms with E-state index in [-0.39, 0.29) is 0 Å². The Bertz CT molecular complexity index is 3190. The minimum absolute atomic E-state index is 0.605. The van der Waals surface area contributed by atoms with Gasteiger partial charge in [0, 0.05) is 38.2 Å². The number of nitrogens with zero attached hydrogens (tertiary/aromatic N) is 3. The van der Waals surface area contributed by atoms with E-state index < -0.39 is 0 Å². The normalized spacial score (nSPS) is 11.8. The van der Waals surface area contributed by atoms with E-state index in [1.54, 1.807) is 0 Å². The van der Waals surface area contributed by atoms with Crippen LogP contribution in [0.15, 0.2) is 173 Å². The number of para-hydroxylation sites is 2. The first-order valence-electron chi connectivity index (χ1n) is 17.3. The van der Waals surface area contributed by atoms with Crippen LogP contribution in [0.25, 0.3) is 111 Å². The molecule has 0 radical (unpaired) electrons. The number of aromatic nitrogens is 3. The van der Waals surface area contributed by atoms with Gasteiger partial charge in [-0.1, -0.05) is 115 Å². The molecule has 3 heterocycles. The molecule has 11 rings (SSSR count). The van der Waals surface area contributed by atoms with Crippen molar-refractivity contribution in [2.75, 3.05) is 0 Å². The first-order valence-corrected chi connectivity index (χ1v) is 17.3. The maximum Gasteiger partial charge on any atom is 0.164 e. The Kier molecular flexibility index (Phi) is 6.18. The molecule has 0 unspecified atom stereocenters. The molecule has 3 aromatic heterocycles. The predicted octanol–water partition coefficient (Wildman–Crippen LogP) is 12.6. The average Bonchev–Trinajstić information content (AvgIpc) is 3.77. The summed E-state index contributed by atoms with van der Waals surface area (Å²) in [5, 5.41) is 8.84. The van der Waals surface area contributed by atoms with Gasteiger partial charge in [-0.05, 0) is 81.2 Å². The summed E-state index contributed by atoms with van der Waals surface area (Å²) in [6, 6.07) is 56.4. The van der Waals surface area contributed by atoms with Crippen LogP contribution in [0.2, 0.25) is 0 Å². The SMILES string of the molecule is c1ccc(-c2nc(-c3ccc4cc5c(cc4c3)oc3ccccc35)nc(-c3cc(-c4cccc5oc6ccccc6c45)c4ccccc4c3)n2)cc1. The van der Waals surface area contributed by atoms with Crippen LogP contribution in [0.1, 0.15) is 0 Å². The molecule has 0 aliphatic carbocycles. The molecule has 0 bridgehead atoms. The molecule has 11 aromatic rings. The summed E-state index contributed by atoms with van der Waals surface area (Å²) >= 11 is 0. The number of hydrogen-bond donors (Lipinski definition) is 0. The molecule has 8 aromatic carbocycles. The number of hydrogen-bond acceptors (Lipinski definition) is 5. The van der Waals surface area contributed by atoms with Crippen LogP contribution in [0.4, 0.5) is 0 Å². The van der Waals surface area contributed by atoms with E-state index in [2.05, 4.69) is 97.1 Å². The lowest BCUT2D eigenvalue weighted by Crippen LogP contribution is -2.00. The molecule has 0 N–H and O–H groups in total. The van der Waals surface area contributed by atoms with Gasteiger partial charge in [-0.25, -0.2) is 15.0 Å². The summed E-state index contributed by atoms with van der Waals surface area (Å²) in [6.45, 7) is 0. The first-order chi connectivity index (χ1) is 25.7. The van der Waals surface area contributed by atoms with E-state index in [0.717, 1.165) is 93.2 Å². The highest BCUT2D eigenvalue weighted by Crippen LogP contribution is 2.41. The minimum Gasteiger partial charge on any atom is -0.456 e. The van der Waals surface area contributed by atoms with Crippen molar-refractivity contribution in [2.24, 2.45) is 0 Å². The fourth-order valence-electron chi connectivity index (χ4n) is 7.62. The Morgan fingerprint density at radius 2 is 0.942 bits per heavy atom. The average molecular weight is 666 g/mol. The van der Waals surface area contributed by atoms with Crippen LogP contribution in [0, 0.1) is 0 Å². The zero-order valence-electron chi connectivity index (χ0n) is 27.7. The van der Waals surface area contributed by atoms with Crippen molar-refractivity contribution in [2.45, 2.75) is 0 Å². The lowest BCUT2D eigenvalue weighted by molar-refractivity contribution is 0.669. The second-order valence-corrected chi connectivity index (χ2v) is 13.2. The molecule has 0 aliphatic heterocycles. The molecule has 0 saturated heterocycles. The molecular weight excluding hydrogens is 639 g/mol. The zero-order chi connectivity index (χ0) is 34.2. The topological polar surface area (TPSA) is 65.0 Å². The van der Waals surface area contributed by atoms with Crippen molar-refractivity contribution in [3.8, 4) is 45.3 Å². The van der Waals surface area contributed by atoms with Crippen LogP contribution in [-0.2, 0) is 0 Å². The molecule has 5 nitrogen and oxygen atoms in total. The summed E-state index contributed by atoms with van der Waals surface area (Å²) in [7, 11) is 0. The third kappa shape index (κ3) is 4.53. The van der Waals surface area contributed by atoms with Gasteiger partial charge in [0.05, 0.1) is 0 Å². The van der Waals surface area contributed by atoms with Crippen molar-refractivity contribution in [3.63, 3.8) is 0 Å². The van der Waals surface area contributed by atoms with Crippen LogP contribution < -0.4 is 0 Å². The maximum absolute atomic E-state index is 6.30. The molecule has 0 spiro atoms. The number of rotatable bonds is 4. The molecule has 5 heteroatoms. The number of fused-ring (bicyclic) bond motifs is 8. The lowest BCUT2D eigenvalue weighted by Gasteiger charge is -2.13. The van der Waals surface area contributed by atoms with E-state index in [0.29, 0.717) is 17.5 Å². The molecule has 52 heavy (non-hydrogen) atoms. The van der Waals surface area contributed by atoms with Crippen LogP contribution in [0.5, 0.6) is 0 Å². The summed E-state index contributed by atoms with van der Waals surface area (Å²) in [4.78, 5) is 15.4. The van der Waals surface area contributed by atoms with E-state index in [1.807, 2.05) is 66.7 Å². The van der Waals surface area contributed by atoms with Crippen molar-refractivity contribution in [3.05, 3.63) is 164 Å². The lowest BCUT2D eigenvalue weighted by atomic mass is 9.92. The Labute approximate surface area is 297 Å². The molecule has 0 fully saturated rings. The smallest absolute Gasteiger partial charge is 0.164 e. The summed E-state index contributed by atoms with van der Waals surface area (Å²) in [6.07, 6.45) is 0. The highest BCUT2D eigenvalue weighted by molar-refractivity contribution is 6.16. The second kappa shape index (κ2) is 11.2. The summed E-state index contributed by atoms with van der Waals surface area (Å²) in [5.41, 5.74) is 8.40. The second-order valence-electron chi connectivity index (χ2n) is 13.2. The molecule has 0 atom stereocenters. The number of benzene rings is 8. The Hall–Kier alpha value is -7.11. The zero-order valence-corrected chi connectivity index (χ0v) is 27.7. The van der Waals surface area contributed by atoms with Gasteiger partial charge < -0.3 is 8.83 Å². The standard InChI is InChI=1S/C47H27N3O2/c1-2-11-28(12-3-1)45-48-46(31-22-21-29-25-39-35-15-6-8-18-40(35)52-43(39)27-32(29)24-31)50-47(49-45)33-23-30-13-4-5-14-34(30)38(26-33)36-17-10-20-42-44(36)37-16-7-9-19-41(37)51-42/h1-27H. The van der Waals surface area contributed by atoms with Gasteiger partial charge in [-0.2, -0.15) is 0 Å². The van der Waals surface area contributed by atoms with Gasteiger partial charge in [0.15, 0.2) is 17.5 Å². The van der Waals surface area contributed by atoms with Crippen molar-refractivity contribution >= 4 is 65.4 Å². The van der Waals surface area contributed by atoms with Crippen molar-refractivity contribution in [1.29, 1.82) is 0 Å². The van der Waals surface area contributed by atoms with Gasteiger partial charge in [0.1, 0.15) is 22.3 Å². The summed E-state index contributed by atoms with van der Waals surface area (Å²) in [5.74, 6) is 1.83. The predicted molar refractivity (Wildman–Crippen MR) is 211 cm³/mol. The monoisotopic (exact) mass is 665 g/mol. The van der Waals surface area contributed by atoms with Crippen molar-refractivity contribution < 1.29 is 8.83 Å². The van der Waals surface area contributed by atoms with Gasteiger partial charge in [-0.3, -0.25) is 0 Å². The van der Waals surface area contributed by atoms with Gasteiger partial charge in [0.25, 0.3) is 0 Å². The van der Waals surface area contributed by atoms with E-state index in [1.165, 1.54) is 0 Å². The Morgan fingerprint density at radius 1 is 0.308 bits per heavy atom. The van der Waals surface area contributed by atoms with E-state index >= 15 is 0 Å². The van der Waals surface area contributed by atoms with E-state index in [9.17, 15) is 0 Å². The third-order valence-electron chi connectivity index (χ3n) is 10.1. The third-order valence-corrected chi connectivity index (χ3v) is 10.1. The highest BCUT2D eigenvalue weighted by atomic mass is 16.3. The van der Waals surface area contributed by atoms with Crippen molar-refractivity contribution in [1.82, 2.24) is 15.0 Å². The fourth-order valence-corrected chi connectivity index (χ4v) is 7.62. The molecule has 0 amide bonds. The molecule has 0 saturated carbocycles. The quantitative estimate of drug-likeness (QED) is 0.187. The summed E-state index contributed by atoms with van der Waals surface area (Å²) < 4.78 is 12.5. The molecule has 242 valence electrons. The van der Waals surface area contributed by atoms with Crippen LogP contribution in [-0.4, -0.2) is 15.0 Å². The highest BCUT2D eigenvalue weighted by Gasteiger charge is 2.18. The van der Waals surface area contributed by atoms with Gasteiger partial charge in [-0.15, -0.1) is 0 Å².